The van der Waals surface area contributed by atoms with Crippen molar-refractivity contribution in [3.05, 3.63) is 87.6 Å². The quantitative estimate of drug-likeness (QED) is 0.458. The number of nitro groups is 1. The number of aryl methyl sites for hydroxylation is 1. The monoisotopic (exact) mass is 431 g/mol. The zero-order chi connectivity index (χ0) is 22.5. The van der Waals surface area contributed by atoms with Crippen molar-refractivity contribution < 1.29 is 9.72 Å². The van der Waals surface area contributed by atoms with Gasteiger partial charge in [-0.15, -0.1) is 10.2 Å². The van der Waals surface area contributed by atoms with Crippen LogP contribution in [0.2, 0.25) is 0 Å². The Balaban J connectivity index is 1.33. The van der Waals surface area contributed by atoms with Gasteiger partial charge in [0.1, 0.15) is 0 Å². The van der Waals surface area contributed by atoms with Gasteiger partial charge < -0.3 is 10.2 Å². The number of piperidine rings is 1. The Labute approximate surface area is 186 Å². The van der Waals surface area contributed by atoms with E-state index in [0.29, 0.717) is 17.2 Å². The van der Waals surface area contributed by atoms with Gasteiger partial charge in [0, 0.05) is 30.9 Å². The summed E-state index contributed by atoms with van der Waals surface area (Å²) in [5, 5.41) is 22.0. The molecule has 1 amide bonds. The number of non-ortho nitro benzene ring substituents is 1. The molecule has 3 aromatic rings. The molecular formula is C24H25N5O3. The van der Waals surface area contributed by atoms with Crippen molar-refractivity contribution in [1.29, 1.82) is 0 Å². The van der Waals surface area contributed by atoms with E-state index in [0.717, 1.165) is 38.2 Å². The van der Waals surface area contributed by atoms with Crippen molar-refractivity contribution in [1.82, 2.24) is 10.2 Å². The second-order valence-corrected chi connectivity index (χ2v) is 8.11. The fraction of sp³-hybridized carbons (Fsp3) is 0.292. The van der Waals surface area contributed by atoms with E-state index >= 15 is 0 Å². The van der Waals surface area contributed by atoms with Crippen molar-refractivity contribution in [2.45, 2.75) is 26.2 Å². The van der Waals surface area contributed by atoms with Crippen LogP contribution in [0.25, 0.3) is 0 Å². The van der Waals surface area contributed by atoms with Crippen LogP contribution in [0.5, 0.6) is 0 Å². The van der Waals surface area contributed by atoms with Crippen molar-refractivity contribution >= 4 is 23.1 Å². The third kappa shape index (κ3) is 5.08. The van der Waals surface area contributed by atoms with Crippen LogP contribution >= 0.6 is 0 Å². The Morgan fingerprint density at radius 2 is 1.84 bits per heavy atom. The number of nitro benzene ring substituents is 1. The molecule has 0 aliphatic carbocycles. The minimum Gasteiger partial charge on any atom is -0.355 e. The van der Waals surface area contributed by atoms with Crippen LogP contribution in [-0.4, -0.2) is 34.1 Å². The molecule has 1 saturated heterocycles. The predicted molar refractivity (Wildman–Crippen MR) is 123 cm³/mol. The van der Waals surface area contributed by atoms with E-state index in [1.165, 1.54) is 23.8 Å². The summed E-state index contributed by atoms with van der Waals surface area (Å²) in [5.41, 5.74) is 2.68. The van der Waals surface area contributed by atoms with Gasteiger partial charge in [-0.1, -0.05) is 30.3 Å². The van der Waals surface area contributed by atoms with Crippen LogP contribution in [-0.2, 0) is 6.42 Å². The number of nitrogens with zero attached hydrogens (tertiary/aromatic N) is 4. The molecule has 0 radical (unpaired) electrons. The first-order valence-corrected chi connectivity index (χ1v) is 10.7. The first-order chi connectivity index (χ1) is 15.5. The maximum absolute atomic E-state index is 12.5. The molecule has 2 heterocycles. The fourth-order valence-electron chi connectivity index (χ4n) is 4.02. The predicted octanol–water partition coefficient (Wildman–Crippen LogP) is 4.40. The Kier molecular flexibility index (Phi) is 6.39. The smallest absolute Gasteiger partial charge is 0.276 e. The first kappa shape index (κ1) is 21.4. The summed E-state index contributed by atoms with van der Waals surface area (Å²) < 4.78 is 0. The molecule has 2 aromatic carbocycles. The summed E-state index contributed by atoms with van der Waals surface area (Å²) in [6.45, 7) is 3.54. The fourth-order valence-corrected chi connectivity index (χ4v) is 4.02. The molecule has 1 aromatic heterocycles. The number of benzene rings is 2. The van der Waals surface area contributed by atoms with Crippen LogP contribution in [0.1, 0.15) is 34.5 Å². The number of amides is 1. The van der Waals surface area contributed by atoms with Gasteiger partial charge in [0.2, 0.25) is 0 Å². The van der Waals surface area contributed by atoms with Gasteiger partial charge in [0.25, 0.3) is 11.6 Å². The van der Waals surface area contributed by atoms with Crippen molar-refractivity contribution in [2.75, 3.05) is 23.3 Å². The third-order valence-electron chi connectivity index (χ3n) is 5.86. The standard InChI is InChI=1S/C24H25N5O3/c1-17-15-20(29(31)32)7-8-21(17)25-24(30)22-9-10-23(27-26-22)28-13-11-19(12-14-28)16-18-5-3-2-4-6-18/h2-10,15,19H,11-14,16H2,1H3,(H,25,30). The van der Waals surface area contributed by atoms with Crippen LogP contribution < -0.4 is 10.2 Å². The number of nitrogens with one attached hydrogen (secondary N) is 1. The van der Waals surface area contributed by atoms with E-state index in [1.54, 1.807) is 13.0 Å². The van der Waals surface area contributed by atoms with Gasteiger partial charge in [-0.2, -0.15) is 0 Å². The normalized spacial score (nSPS) is 14.2. The van der Waals surface area contributed by atoms with Crippen LogP contribution in [0.15, 0.2) is 60.7 Å². The molecular weight excluding hydrogens is 406 g/mol. The van der Waals surface area contributed by atoms with E-state index in [2.05, 4.69) is 44.7 Å². The lowest BCUT2D eigenvalue weighted by molar-refractivity contribution is -0.384. The van der Waals surface area contributed by atoms with Gasteiger partial charge in [-0.3, -0.25) is 14.9 Å². The largest absolute Gasteiger partial charge is 0.355 e. The van der Waals surface area contributed by atoms with E-state index < -0.39 is 10.8 Å². The molecule has 8 heteroatoms. The molecule has 1 N–H and O–H groups in total. The van der Waals surface area contributed by atoms with E-state index in [1.807, 2.05) is 12.1 Å². The lowest BCUT2D eigenvalue weighted by atomic mass is 9.90. The Hall–Kier alpha value is -3.81. The molecule has 164 valence electrons. The average molecular weight is 431 g/mol. The highest BCUT2D eigenvalue weighted by Crippen LogP contribution is 2.25. The van der Waals surface area contributed by atoms with Crippen molar-refractivity contribution in [3.63, 3.8) is 0 Å². The maximum Gasteiger partial charge on any atom is 0.276 e. The minimum atomic E-state index is -0.465. The maximum atomic E-state index is 12.5. The molecule has 0 unspecified atom stereocenters. The SMILES string of the molecule is Cc1cc([N+](=O)[O-])ccc1NC(=O)c1ccc(N2CCC(Cc3ccccc3)CC2)nn1. The van der Waals surface area contributed by atoms with Gasteiger partial charge in [-0.25, -0.2) is 0 Å². The van der Waals surface area contributed by atoms with Gasteiger partial charge >= 0.3 is 0 Å². The highest BCUT2D eigenvalue weighted by atomic mass is 16.6. The number of carbonyl (C=O) groups excluding carboxylic acids is 1. The summed E-state index contributed by atoms with van der Waals surface area (Å²) in [7, 11) is 0. The molecule has 0 spiro atoms. The van der Waals surface area contributed by atoms with Crippen LogP contribution in [0.4, 0.5) is 17.2 Å². The highest BCUT2D eigenvalue weighted by Gasteiger charge is 2.21. The number of hydrogen-bond acceptors (Lipinski definition) is 6. The number of rotatable bonds is 6. The van der Waals surface area contributed by atoms with Crippen LogP contribution in [0, 0.1) is 23.0 Å². The Morgan fingerprint density at radius 1 is 1.09 bits per heavy atom. The molecule has 4 rings (SSSR count). The summed E-state index contributed by atoms with van der Waals surface area (Å²) in [4.78, 5) is 25.1. The molecule has 8 nitrogen and oxygen atoms in total. The van der Waals surface area contributed by atoms with Crippen molar-refractivity contribution in [2.24, 2.45) is 5.92 Å². The Bertz CT molecular complexity index is 1090. The van der Waals surface area contributed by atoms with Gasteiger partial charge in [0.15, 0.2) is 11.5 Å². The van der Waals surface area contributed by atoms with Gasteiger partial charge in [0.05, 0.1) is 4.92 Å². The third-order valence-corrected chi connectivity index (χ3v) is 5.86. The topological polar surface area (TPSA) is 101 Å². The molecule has 0 atom stereocenters. The zero-order valence-corrected chi connectivity index (χ0v) is 17.9. The van der Waals surface area contributed by atoms with E-state index in [9.17, 15) is 14.9 Å². The second-order valence-electron chi connectivity index (χ2n) is 8.11. The molecule has 32 heavy (non-hydrogen) atoms. The number of aromatic nitrogens is 2. The molecule has 0 saturated carbocycles. The zero-order valence-electron chi connectivity index (χ0n) is 17.9. The summed E-state index contributed by atoms with van der Waals surface area (Å²) in [6, 6.07) is 18.4. The van der Waals surface area contributed by atoms with Crippen LogP contribution in [0.3, 0.4) is 0 Å². The number of anilines is 2. The number of hydrogen-bond donors (Lipinski definition) is 1. The molecule has 1 aliphatic heterocycles. The van der Waals surface area contributed by atoms with Crippen molar-refractivity contribution in [3.8, 4) is 0 Å². The van der Waals surface area contributed by atoms with Gasteiger partial charge in [-0.05, 0) is 61.4 Å². The van der Waals surface area contributed by atoms with E-state index in [-0.39, 0.29) is 11.4 Å². The molecule has 1 aliphatic rings. The molecule has 0 bridgehead atoms. The number of carbonyl (C=O) groups is 1. The highest BCUT2D eigenvalue weighted by molar-refractivity contribution is 6.03. The molecule has 1 fully saturated rings. The minimum absolute atomic E-state index is 0.0165. The lowest BCUT2D eigenvalue weighted by Gasteiger charge is -2.32. The van der Waals surface area contributed by atoms with E-state index in [4.69, 9.17) is 0 Å². The second kappa shape index (κ2) is 9.55. The Morgan fingerprint density at radius 3 is 2.47 bits per heavy atom. The summed E-state index contributed by atoms with van der Waals surface area (Å²) >= 11 is 0. The average Bonchev–Trinajstić information content (AvgIpc) is 2.81. The summed E-state index contributed by atoms with van der Waals surface area (Å²) in [5.74, 6) is 1.03. The summed E-state index contributed by atoms with van der Waals surface area (Å²) in [6.07, 6.45) is 3.29. The lowest BCUT2D eigenvalue weighted by Crippen LogP contribution is -2.35. The first-order valence-electron chi connectivity index (χ1n) is 10.7.